The highest BCUT2D eigenvalue weighted by molar-refractivity contribution is 6.10. The fourth-order valence-electron chi connectivity index (χ4n) is 6.82. The molecule has 4 heterocycles. The molecule has 0 saturated carbocycles. The summed E-state index contributed by atoms with van der Waals surface area (Å²) in [6, 6.07) is 10.8. The Hall–Kier alpha value is -5.01. The first kappa shape index (κ1) is 36.8. The predicted octanol–water partition coefficient (Wildman–Crippen LogP) is 6.89. The van der Waals surface area contributed by atoms with Crippen LogP contribution in [0, 0.1) is 17.2 Å². The summed E-state index contributed by atoms with van der Waals surface area (Å²) >= 11 is 0. The van der Waals surface area contributed by atoms with Gasteiger partial charge in [-0.05, 0) is 77.1 Å². The fourth-order valence-corrected chi connectivity index (χ4v) is 6.82. The van der Waals surface area contributed by atoms with Crippen LogP contribution in [0.25, 0.3) is 22.5 Å². The number of aryl methyl sites for hydroxylation is 1. The van der Waals surface area contributed by atoms with Gasteiger partial charge in [0, 0.05) is 63.4 Å². The van der Waals surface area contributed by atoms with Crippen LogP contribution in [0.15, 0.2) is 48.8 Å². The summed E-state index contributed by atoms with van der Waals surface area (Å²) in [5.74, 6) is -0.0961. The van der Waals surface area contributed by atoms with E-state index in [1.165, 1.54) is 35.2 Å². The lowest BCUT2D eigenvalue weighted by molar-refractivity contribution is -0.138. The van der Waals surface area contributed by atoms with Gasteiger partial charge in [-0.25, -0.2) is 4.98 Å². The summed E-state index contributed by atoms with van der Waals surface area (Å²) in [5.41, 5.74) is -1.20. The highest BCUT2D eigenvalue weighted by Crippen LogP contribution is 2.42. The van der Waals surface area contributed by atoms with Gasteiger partial charge in [-0.3, -0.25) is 14.6 Å². The van der Waals surface area contributed by atoms with Gasteiger partial charge in [0.1, 0.15) is 18.0 Å². The van der Waals surface area contributed by atoms with Gasteiger partial charge >= 0.3 is 12.4 Å². The van der Waals surface area contributed by atoms with Gasteiger partial charge in [0.25, 0.3) is 5.91 Å². The second kappa shape index (κ2) is 14.5. The highest BCUT2D eigenvalue weighted by atomic mass is 19.4. The topological polar surface area (TPSA) is 115 Å². The molecule has 52 heavy (non-hydrogen) atoms. The molecule has 2 aromatic heterocycles. The van der Waals surface area contributed by atoms with E-state index in [2.05, 4.69) is 44.6 Å². The number of nitrogens with one attached hydrogen (secondary N) is 2. The van der Waals surface area contributed by atoms with E-state index in [-0.39, 0.29) is 71.2 Å². The van der Waals surface area contributed by atoms with Crippen molar-refractivity contribution in [2.24, 2.45) is 13.0 Å². The number of hydrogen-bond acceptors (Lipinski definition) is 8. The number of aromatic nitrogens is 4. The maximum Gasteiger partial charge on any atom is 0.416 e. The number of hydrogen-bond donors (Lipinski definition) is 2. The highest BCUT2D eigenvalue weighted by Gasteiger charge is 2.41. The quantitative estimate of drug-likeness (QED) is 0.134. The average Bonchev–Trinajstić information content (AvgIpc) is 3.67. The molecule has 4 aromatic rings. The third-order valence-corrected chi connectivity index (χ3v) is 9.43. The molecule has 0 spiro atoms. The van der Waals surface area contributed by atoms with Gasteiger partial charge in [-0.1, -0.05) is 13.8 Å². The number of carbonyl (C=O) groups excluding carboxylic acids is 1. The number of unbranched alkanes of at least 4 members (excludes halogenated alkanes) is 1. The third kappa shape index (κ3) is 7.61. The molecule has 10 nitrogen and oxygen atoms in total. The van der Waals surface area contributed by atoms with Crippen molar-refractivity contribution in [3.63, 3.8) is 0 Å². The van der Waals surface area contributed by atoms with Crippen molar-refractivity contribution in [2.75, 3.05) is 36.4 Å². The lowest BCUT2D eigenvalue weighted by Crippen LogP contribution is -2.53. The molecule has 1 atom stereocenters. The van der Waals surface area contributed by atoms with Gasteiger partial charge in [-0.15, -0.1) is 10.2 Å². The van der Waals surface area contributed by atoms with E-state index >= 15 is 0 Å². The number of rotatable bonds is 10. The number of piperazine rings is 1. The molecule has 1 fully saturated rings. The second-order valence-electron chi connectivity index (χ2n) is 13.4. The molecule has 2 aliphatic heterocycles. The normalized spacial score (nSPS) is 16.8. The van der Waals surface area contributed by atoms with E-state index in [1.807, 2.05) is 6.07 Å². The summed E-state index contributed by atoms with van der Waals surface area (Å²) in [6.45, 7) is 6.16. The van der Waals surface area contributed by atoms with Crippen LogP contribution in [0.1, 0.15) is 59.3 Å². The van der Waals surface area contributed by atoms with Crippen LogP contribution in [0.4, 0.5) is 38.0 Å². The zero-order valence-electron chi connectivity index (χ0n) is 28.7. The summed E-state index contributed by atoms with van der Waals surface area (Å²) in [4.78, 5) is 21.9. The Balaban J connectivity index is 1.45. The van der Waals surface area contributed by atoms with E-state index < -0.39 is 35.9 Å². The minimum absolute atomic E-state index is 0.0561. The Kier molecular flexibility index (Phi) is 10.3. The Morgan fingerprint density at radius 1 is 1.04 bits per heavy atom. The monoisotopic (exact) mass is 725 g/mol. The lowest BCUT2D eigenvalue weighted by Gasteiger charge is -2.38. The molecule has 0 aliphatic carbocycles. The number of nitriles is 1. The number of anilines is 2. The first-order chi connectivity index (χ1) is 24.7. The molecule has 274 valence electrons. The number of pyridine rings is 1. The maximum absolute atomic E-state index is 14.7. The minimum atomic E-state index is -4.76. The molecule has 0 unspecified atom stereocenters. The Morgan fingerprint density at radius 2 is 1.83 bits per heavy atom. The van der Waals surface area contributed by atoms with Gasteiger partial charge in [-0.2, -0.15) is 31.6 Å². The SMILES string of the molecule is CC(C)[C@H]1CNCCN1Cc1cc2c(c(C(F)(F)F)c1)CN(c1cc(-c3cc(C(F)(F)F)ccc3-c3nncn3C)cc(NCCCC#N)n1)C2=O. The van der Waals surface area contributed by atoms with Crippen molar-refractivity contribution >= 4 is 17.5 Å². The maximum atomic E-state index is 14.7. The third-order valence-electron chi connectivity index (χ3n) is 9.43. The standard InChI is InChI=1S/C36H37F6N9O/c1-21(2)30-17-44-10-11-50(30)18-22-12-27-28(29(13-22)36(40,41)42)19-51(34(27)52)32-15-23(14-31(47-32)45-9-5-4-8-43)26-16-24(35(37,38)39)6-7-25(26)33-48-46-20-49(33)3/h6-7,12-16,20-21,30,44H,4-5,9-11,17-19H2,1-3H3,(H,45,47)/t30-/m1/s1. The lowest BCUT2D eigenvalue weighted by atomic mass is 9.96. The van der Waals surface area contributed by atoms with Crippen LogP contribution in [0.5, 0.6) is 0 Å². The Labute approximate surface area is 296 Å². The van der Waals surface area contributed by atoms with Gasteiger partial charge < -0.3 is 15.2 Å². The molecule has 6 rings (SSSR count). The molecule has 0 bridgehead atoms. The zero-order chi connectivity index (χ0) is 37.4. The predicted molar refractivity (Wildman–Crippen MR) is 182 cm³/mol. The molecule has 2 aliphatic rings. The molecular weight excluding hydrogens is 688 g/mol. The summed E-state index contributed by atoms with van der Waals surface area (Å²) in [6.07, 6.45) is -7.42. The molecule has 0 radical (unpaired) electrons. The average molecular weight is 726 g/mol. The van der Waals surface area contributed by atoms with Crippen LogP contribution in [-0.4, -0.2) is 62.8 Å². The van der Waals surface area contributed by atoms with Crippen LogP contribution in [-0.2, 0) is 32.5 Å². The Bertz CT molecular complexity index is 2000. The number of nitrogens with zero attached hydrogens (tertiary/aromatic N) is 7. The van der Waals surface area contributed by atoms with Crippen LogP contribution >= 0.6 is 0 Å². The van der Waals surface area contributed by atoms with Gasteiger partial charge in [0.2, 0.25) is 0 Å². The largest absolute Gasteiger partial charge is 0.416 e. The van der Waals surface area contributed by atoms with Crippen molar-refractivity contribution in [1.82, 2.24) is 30.0 Å². The van der Waals surface area contributed by atoms with Crippen LogP contribution < -0.4 is 15.5 Å². The smallest absolute Gasteiger partial charge is 0.370 e. The molecule has 2 N–H and O–H groups in total. The number of carbonyl (C=O) groups is 1. The minimum Gasteiger partial charge on any atom is -0.370 e. The van der Waals surface area contributed by atoms with Crippen molar-refractivity contribution in [2.45, 2.75) is 58.2 Å². The van der Waals surface area contributed by atoms with Crippen LogP contribution in [0.2, 0.25) is 0 Å². The van der Waals surface area contributed by atoms with Gasteiger partial charge in [0.05, 0.1) is 23.7 Å². The molecular formula is C36H37F6N9O. The molecule has 1 amide bonds. The van der Waals surface area contributed by atoms with E-state index in [9.17, 15) is 31.1 Å². The van der Waals surface area contributed by atoms with E-state index in [0.29, 0.717) is 37.2 Å². The first-order valence-corrected chi connectivity index (χ1v) is 16.8. The van der Waals surface area contributed by atoms with Crippen molar-refractivity contribution in [3.05, 3.63) is 76.6 Å². The van der Waals surface area contributed by atoms with E-state index in [4.69, 9.17) is 5.26 Å². The molecule has 16 heteroatoms. The summed E-state index contributed by atoms with van der Waals surface area (Å²) < 4.78 is 87.6. The number of alkyl halides is 6. The van der Waals surface area contributed by atoms with Gasteiger partial charge in [0.15, 0.2) is 5.82 Å². The van der Waals surface area contributed by atoms with E-state index in [1.54, 1.807) is 7.05 Å². The molecule has 2 aromatic carbocycles. The fraction of sp³-hybridized carbons (Fsp3) is 0.417. The van der Waals surface area contributed by atoms with Crippen LogP contribution in [0.3, 0.4) is 0 Å². The van der Waals surface area contributed by atoms with E-state index in [0.717, 1.165) is 23.1 Å². The number of fused-ring (bicyclic) bond motifs is 1. The van der Waals surface area contributed by atoms with Crippen molar-refractivity contribution in [1.29, 1.82) is 5.26 Å². The molecule has 1 saturated heterocycles. The number of halogens is 6. The first-order valence-electron chi connectivity index (χ1n) is 16.8. The zero-order valence-corrected chi connectivity index (χ0v) is 28.7. The van der Waals surface area contributed by atoms with Crippen molar-refractivity contribution in [3.8, 4) is 28.6 Å². The van der Waals surface area contributed by atoms with Crippen molar-refractivity contribution < 1.29 is 31.1 Å². The summed E-state index contributed by atoms with van der Waals surface area (Å²) in [5, 5.41) is 23.3. The number of benzene rings is 2. The number of amides is 1. The second-order valence-corrected chi connectivity index (χ2v) is 13.4. The Morgan fingerprint density at radius 3 is 2.50 bits per heavy atom. The summed E-state index contributed by atoms with van der Waals surface area (Å²) in [7, 11) is 1.63.